The van der Waals surface area contributed by atoms with E-state index in [0.29, 0.717) is 0 Å². The quantitative estimate of drug-likeness (QED) is 0.718. The highest BCUT2D eigenvalue weighted by atomic mass is 16.5. The molecule has 0 radical (unpaired) electrons. The molecule has 0 aromatic rings. The van der Waals surface area contributed by atoms with Gasteiger partial charge in [0, 0.05) is 13.1 Å². The molecule has 16 heavy (non-hydrogen) atoms. The second-order valence-corrected chi connectivity index (χ2v) is 4.90. The van der Waals surface area contributed by atoms with Gasteiger partial charge in [-0.3, -0.25) is 4.79 Å². The maximum atomic E-state index is 11.9. The smallest absolute Gasteiger partial charge is 0.251 e. The predicted octanol–water partition coefficient (Wildman–Crippen LogP) is 0.766. The normalized spacial score (nSPS) is 36.5. The Labute approximate surface area is 97.3 Å². The van der Waals surface area contributed by atoms with E-state index in [1.807, 2.05) is 18.7 Å². The molecule has 2 aliphatic heterocycles. The molecule has 0 aromatic carbocycles. The van der Waals surface area contributed by atoms with Gasteiger partial charge in [0.05, 0.1) is 5.60 Å². The second-order valence-electron chi connectivity index (χ2n) is 4.90. The van der Waals surface area contributed by atoms with Crippen LogP contribution in [0.4, 0.5) is 0 Å². The Morgan fingerprint density at radius 3 is 3.06 bits per heavy atom. The minimum atomic E-state index is -0.271. The fourth-order valence-corrected chi connectivity index (χ4v) is 2.79. The molecule has 92 valence electrons. The number of likely N-dealkylation sites (N-methyl/N-ethyl adjacent to an activating group) is 1. The molecule has 2 aliphatic rings. The van der Waals surface area contributed by atoms with Gasteiger partial charge in [-0.25, -0.2) is 0 Å². The van der Waals surface area contributed by atoms with Gasteiger partial charge < -0.3 is 15.0 Å². The molecular weight excluding hydrogens is 204 g/mol. The number of nitrogens with zero attached hydrogens (tertiary/aromatic N) is 1. The van der Waals surface area contributed by atoms with E-state index in [2.05, 4.69) is 5.32 Å². The van der Waals surface area contributed by atoms with Crippen molar-refractivity contribution in [1.82, 2.24) is 10.2 Å². The van der Waals surface area contributed by atoms with Gasteiger partial charge in [-0.2, -0.15) is 0 Å². The fourth-order valence-electron chi connectivity index (χ4n) is 2.79. The summed E-state index contributed by atoms with van der Waals surface area (Å²) in [4.78, 5) is 13.8. The van der Waals surface area contributed by atoms with Crippen molar-refractivity contribution in [3.63, 3.8) is 0 Å². The van der Waals surface area contributed by atoms with Crippen LogP contribution in [0.2, 0.25) is 0 Å². The summed E-state index contributed by atoms with van der Waals surface area (Å²) < 4.78 is 6.01. The van der Waals surface area contributed by atoms with Crippen molar-refractivity contribution in [2.24, 2.45) is 0 Å². The van der Waals surface area contributed by atoms with Crippen molar-refractivity contribution in [2.75, 3.05) is 26.2 Å². The summed E-state index contributed by atoms with van der Waals surface area (Å²) in [5.41, 5.74) is -0.0904. The SMILES string of the molecule is CCN1CC2(CCCNCC2)OC(C)C1=O. The summed E-state index contributed by atoms with van der Waals surface area (Å²) in [6, 6.07) is 0. The minimum absolute atomic E-state index is 0.0904. The van der Waals surface area contributed by atoms with E-state index in [1.165, 1.54) is 0 Å². The largest absolute Gasteiger partial charge is 0.360 e. The van der Waals surface area contributed by atoms with Crippen molar-refractivity contribution in [2.45, 2.75) is 44.8 Å². The van der Waals surface area contributed by atoms with Crippen molar-refractivity contribution in [3.05, 3.63) is 0 Å². The highest BCUT2D eigenvalue weighted by Crippen LogP contribution is 2.31. The van der Waals surface area contributed by atoms with Crippen LogP contribution in [0.3, 0.4) is 0 Å². The Bertz CT molecular complexity index is 260. The minimum Gasteiger partial charge on any atom is -0.360 e. The molecule has 0 aromatic heterocycles. The number of ether oxygens (including phenoxy) is 1. The van der Waals surface area contributed by atoms with Crippen LogP contribution in [0.15, 0.2) is 0 Å². The first-order valence-electron chi connectivity index (χ1n) is 6.34. The van der Waals surface area contributed by atoms with Crippen LogP contribution in [0, 0.1) is 0 Å². The molecule has 2 heterocycles. The van der Waals surface area contributed by atoms with Crippen LogP contribution in [-0.4, -0.2) is 48.7 Å². The Balaban J connectivity index is 2.11. The molecule has 1 spiro atoms. The molecule has 2 saturated heterocycles. The lowest BCUT2D eigenvalue weighted by molar-refractivity contribution is -0.182. The molecule has 4 heteroatoms. The summed E-state index contributed by atoms with van der Waals surface area (Å²) in [6.07, 6.45) is 2.94. The maximum Gasteiger partial charge on any atom is 0.251 e. The molecule has 2 atom stereocenters. The average molecular weight is 226 g/mol. The number of amides is 1. The number of hydrogen-bond acceptors (Lipinski definition) is 3. The van der Waals surface area contributed by atoms with Crippen molar-refractivity contribution in [3.8, 4) is 0 Å². The third kappa shape index (κ3) is 2.23. The molecule has 4 nitrogen and oxygen atoms in total. The summed E-state index contributed by atoms with van der Waals surface area (Å²) in [7, 11) is 0. The molecule has 2 fully saturated rings. The number of morpholine rings is 1. The monoisotopic (exact) mass is 226 g/mol. The van der Waals surface area contributed by atoms with Crippen LogP contribution >= 0.6 is 0 Å². The molecule has 0 saturated carbocycles. The van der Waals surface area contributed by atoms with E-state index in [4.69, 9.17) is 4.74 Å². The van der Waals surface area contributed by atoms with Gasteiger partial charge in [-0.15, -0.1) is 0 Å². The van der Waals surface area contributed by atoms with Crippen LogP contribution in [-0.2, 0) is 9.53 Å². The second kappa shape index (κ2) is 4.72. The molecule has 2 rings (SSSR count). The third-order valence-electron chi connectivity index (χ3n) is 3.69. The zero-order valence-corrected chi connectivity index (χ0v) is 10.3. The first-order valence-corrected chi connectivity index (χ1v) is 6.34. The summed E-state index contributed by atoms with van der Waals surface area (Å²) in [6.45, 7) is 7.55. The summed E-state index contributed by atoms with van der Waals surface area (Å²) >= 11 is 0. The zero-order valence-electron chi connectivity index (χ0n) is 10.3. The Kier molecular flexibility index (Phi) is 3.50. The van der Waals surface area contributed by atoms with Crippen molar-refractivity contribution in [1.29, 1.82) is 0 Å². The summed E-state index contributed by atoms with van der Waals surface area (Å²) in [5, 5.41) is 3.39. The average Bonchev–Trinajstić information content (AvgIpc) is 2.50. The maximum absolute atomic E-state index is 11.9. The predicted molar refractivity (Wildman–Crippen MR) is 62.3 cm³/mol. The van der Waals surface area contributed by atoms with Gasteiger partial charge in [0.1, 0.15) is 6.10 Å². The molecular formula is C12H22N2O2. The van der Waals surface area contributed by atoms with E-state index in [1.54, 1.807) is 0 Å². The van der Waals surface area contributed by atoms with Crippen LogP contribution in [0.5, 0.6) is 0 Å². The number of carbonyl (C=O) groups is 1. The first kappa shape index (κ1) is 11.9. The van der Waals surface area contributed by atoms with E-state index < -0.39 is 0 Å². The van der Waals surface area contributed by atoms with E-state index >= 15 is 0 Å². The van der Waals surface area contributed by atoms with Crippen molar-refractivity contribution >= 4 is 5.91 Å². The van der Waals surface area contributed by atoms with E-state index in [-0.39, 0.29) is 17.6 Å². The zero-order chi connectivity index (χ0) is 11.6. The summed E-state index contributed by atoms with van der Waals surface area (Å²) in [5.74, 6) is 0.144. The third-order valence-corrected chi connectivity index (χ3v) is 3.69. The fraction of sp³-hybridized carbons (Fsp3) is 0.917. The van der Waals surface area contributed by atoms with E-state index in [0.717, 1.165) is 45.4 Å². The van der Waals surface area contributed by atoms with Crippen molar-refractivity contribution < 1.29 is 9.53 Å². The van der Waals surface area contributed by atoms with Gasteiger partial charge in [-0.05, 0) is 46.2 Å². The van der Waals surface area contributed by atoms with Crippen LogP contribution in [0.1, 0.15) is 33.1 Å². The number of rotatable bonds is 1. The van der Waals surface area contributed by atoms with Gasteiger partial charge in [0.25, 0.3) is 5.91 Å². The van der Waals surface area contributed by atoms with Gasteiger partial charge in [0.15, 0.2) is 0 Å². The lowest BCUT2D eigenvalue weighted by atomic mass is 9.91. The highest BCUT2D eigenvalue weighted by Gasteiger charge is 2.42. The molecule has 1 N–H and O–H groups in total. The molecule has 0 bridgehead atoms. The van der Waals surface area contributed by atoms with Gasteiger partial charge in [-0.1, -0.05) is 0 Å². The standard InChI is InChI=1S/C12H22N2O2/c1-3-14-9-12(16-10(2)11(14)15)5-4-7-13-8-6-12/h10,13H,3-9H2,1-2H3. The first-order chi connectivity index (χ1) is 7.67. The van der Waals surface area contributed by atoms with Gasteiger partial charge in [0.2, 0.25) is 0 Å². The Morgan fingerprint density at radius 2 is 2.31 bits per heavy atom. The van der Waals surface area contributed by atoms with Crippen LogP contribution in [0.25, 0.3) is 0 Å². The molecule has 1 amide bonds. The lowest BCUT2D eigenvalue weighted by Gasteiger charge is -2.44. The van der Waals surface area contributed by atoms with Crippen LogP contribution < -0.4 is 5.32 Å². The topological polar surface area (TPSA) is 41.6 Å². The molecule has 2 unspecified atom stereocenters. The molecule has 0 aliphatic carbocycles. The Hall–Kier alpha value is -0.610. The number of hydrogen-bond donors (Lipinski definition) is 1. The number of nitrogens with one attached hydrogen (secondary N) is 1. The van der Waals surface area contributed by atoms with Gasteiger partial charge >= 0.3 is 0 Å². The van der Waals surface area contributed by atoms with E-state index in [9.17, 15) is 4.79 Å². The Morgan fingerprint density at radius 1 is 1.50 bits per heavy atom. The highest BCUT2D eigenvalue weighted by molar-refractivity contribution is 5.81. The number of carbonyl (C=O) groups excluding carboxylic acids is 1. The lowest BCUT2D eigenvalue weighted by Crippen LogP contribution is -2.58.